The highest BCUT2D eigenvalue weighted by molar-refractivity contribution is 7.90. The van der Waals surface area contributed by atoms with Crippen molar-refractivity contribution in [2.45, 2.75) is 42.3 Å². The van der Waals surface area contributed by atoms with Gasteiger partial charge in [-0.25, -0.2) is 13.2 Å². The van der Waals surface area contributed by atoms with Crippen LogP contribution < -0.4 is 21.1 Å². The topological polar surface area (TPSA) is 138 Å². The van der Waals surface area contributed by atoms with Crippen molar-refractivity contribution in [3.05, 3.63) is 94.4 Å². The molecule has 3 aromatic carbocycles. The molecule has 0 aliphatic carbocycles. The summed E-state index contributed by atoms with van der Waals surface area (Å²) in [4.78, 5) is 30.4. The van der Waals surface area contributed by atoms with Gasteiger partial charge < -0.3 is 20.3 Å². The smallest absolute Gasteiger partial charge is 0.344 e. The molecule has 2 saturated heterocycles. The first-order valence-electron chi connectivity index (χ1n) is 14.7. The lowest BCUT2D eigenvalue weighted by Gasteiger charge is -2.28. The van der Waals surface area contributed by atoms with E-state index in [1.54, 1.807) is 29.2 Å². The fourth-order valence-electron chi connectivity index (χ4n) is 6.23. The Hall–Kier alpha value is -4.44. The summed E-state index contributed by atoms with van der Waals surface area (Å²) in [6, 6.07) is 20.4. The minimum Gasteiger partial charge on any atom is -0.497 e. The van der Waals surface area contributed by atoms with Gasteiger partial charge in [0.25, 0.3) is 15.9 Å². The van der Waals surface area contributed by atoms with Crippen LogP contribution in [-0.2, 0) is 14.8 Å². The highest BCUT2D eigenvalue weighted by Gasteiger charge is 2.37. The lowest BCUT2D eigenvalue weighted by molar-refractivity contribution is -0.132. The highest BCUT2D eigenvalue weighted by atomic mass is 32.2. The van der Waals surface area contributed by atoms with Crippen molar-refractivity contribution in [1.29, 1.82) is 5.26 Å². The van der Waals surface area contributed by atoms with Crippen LogP contribution in [0.2, 0.25) is 0 Å². The van der Waals surface area contributed by atoms with Gasteiger partial charge in [0.05, 0.1) is 34.7 Å². The number of nitrogens with zero attached hydrogens (tertiary/aromatic N) is 4. The number of amides is 1. The number of methoxy groups -OCH3 is 1. The SMILES string of the molecule is COc1ccc(S(=O)(=O)n2c(=O)n(C(C(=O)N3CCC(NC4CCNCC4)C3)c3ccccc3)c3cc(C#N)ccc32)cc1. The van der Waals surface area contributed by atoms with Crippen molar-refractivity contribution in [1.82, 2.24) is 24.1 Å². The van der Waals surface area contributed by atoms with Crippen LogP contribution in [0.3, 0.4) is 0 Å². The number of likely N-dealkylation sites (tertiary alicyclic amines) is 1. The largest absolute Gasteiger partial charge is 0.497 e. The van der Waals surface area contributed by atoms with Gasteiger partial charge in [0.15, 0.2) is 0 Å². The number of carbonyl (C=O) groups is 1. The second kappa shape index (κ2) is 12.3. The zero-order chi connectivity index (χ0) is 30.8. The zero-order valence-electron chi connectivity index (χ0n) is 24.3. The van der Waals surface area contributed by atoms with Gasteiger partial charge in [-0.15, -0.1) is 0 Å². The normalized spacial score (nSPS) is 18.3. The molecule has 2 aliphatic rings. The lowest BCUT2D eigenvalue weighted by Crippen LogP contribution is -2.46. The quantitative estimate of drug-likeness (QED) is 0.309. The molecule has 4 aromatic rings. The summed E-state index contributed by atoms with van der Waals surface area (Å²) in [7, 11) is -2.93. The Morgan fingerprint density at radius 1 is 1.00 bits per heavy atom. The number of hydrogen-bond donors (Lipinski definition) is 2. The number of imidazole rings is 1. The van der Waals surface area contributed by atoms with Crippen molar-refractivity contribution in [2.75, 3.05) is 33.3 Å². The van der Waals surface area contributed by atoms with Crippen molar-refractivity contribution in [2.24, 2.45) is 0 Å². The summed E-state index contributed by atoms with van der Waals surface area (Å²) in [6.07, 6.45) is 2.82. The van der Waals surface area contributed by atoms with E-state index in [-0.39, 0.29) is 33.4 Å². The molecule has 2 N–H and O–H groups in total. The molecule has 1 amide bonds. The third-order valence-electron chi connectivity index (χ3n) is 8.48. The number of fused-ring (bicyclic) bond motifs is 1. The van der Waals surface area contributed by atoms with Crippen LogP contribution in [0, 0.1) is 11.3 Å². The summed E-state index contributed by atoms with van der Waals surface area (Å²) in [6.45, 7) is 2.90. The molecular weight excluding hydrogens is 580 g/mol. The van der Waals surface area contributed by atoms with Gasteiger partial charge >= 0.3 is 5.69 Å². The van der Waals surface area contributed by atoms with E-state index in [1.807, 2.05) is 6.07 Å². The molecule has 2 fully saturated rings. The van der Waals surface area contributed by atoms with E-state index in [4.69, 9.17) is 4.74 Å². The lowest BCUT2D eigenvalue weighted by atomic mass is 10.0. The number of aromatic nitrogens is 2. The standard InChI is InChI=1S/C32H34N6O5S/c1-43-26-8-10-27(11-9-26)44(41,42)38-28-12-7-22(20-33)19-29(28)37(32(38)40)30(23-5-3-2-4-6-23)31(39)36-18-15-25(21-36)35-24-13-16-34-17-14-24/h2-12,19,24-25,30,34-35H,13-18,21H2,1H3. The third kappa shape index (κ3) is 5.50. The average Bonchev–Trinajstić information content (AvgIpc) is 3.64. The Balaban J connectivity index is 1.46. The van der Waals surface area contributed by atoms with Gasteiger partial charge in [0.2, 0.25) is 0 Å². The van der Waals surface area contributed by atoms with Crippen LogP contribution in [0.25, 0.3) is 11.0 Å². The van der Waals surface area contributed by atoms with Crippen LogP contribution in [0.1, 0.15) is 36.4 Å². The summed E-state index contributed by atoms with van der Waals surface area (Å²) >= 11 is 0. The molecule has 12 heteroatoms. The minimum atomic E-state index is -4.40. The van der Waals surface area contributed by atoms with Gasteiger partial charge in [-0.2, -0.15) is 9.23 Å². The molecule has 2 unspecified atom stereocenters. The first-order valence-corrected chi connectivity index (χ1v) is 16.1. The third-order valence-corrected chi connectivity index (χ3v) is 10.2. The zero-order valence-corrected chi connectivity index (χ0v) is 25.2. The van der Waals surface area contributed by atoms with E-state index in [2.05, 4.69) is 16.7 Å². The van der Waals surface area contributed by atoms with Gasteiger partial charge in [-0.1, -0.05) is 30.3 Å². The molecule has 44 heavy (non-hydrogen) atoms. The monoisotopic (exact) mass is 614 g/mol. The van der Waals surface area contributed by atoms with Crippen molar-refractivity contribution < 1.29 is 17.9 Å². The van der Waals surface area contributed by atoms with Crippen LogP contribution >= 0.6 is 0 Å². The Kier molecular flexibility index (Phi) is 8.27. The molecule has 0 radical (unpaired) electrons. The Labute approximate surface area is 255 Å². The maximum atomic E-state index is 14.4. The van der Waals surface area contributed by atoms with E-state index in [0.29, 0.717) is 30.4 Å². The van der Waals surface area contributed by atoms with Crippen LogP contribution in [0.4, 0.5) is 0 Å². The molecule has 1 aromatic heterocycles. The van der Waals surface area contributed by atoms with Crippen molar-refractivity contribution >= 4 is 27.0 Å². The van der Waals surface area contributed by atoms with Crippen molar-refractivity contribution in [3.63, 3.8) is 0 Å². The summed E-state index contributed by atoms with van der Waals surface area (Å²) in [5, 5.41) is 16.8. The molecule has 3 heterocycles. The Morgan fingerprint density at radius 2 is 1.73 bits per heavy atom. The molecule has 2 aliphatic heterocycles. The first-order chi connectivity index (χ1) is 21.3. The van der Waals surface area contributed by atoms with Gasteiger partial charge in [-0.05, 0) is 80.4 Å². The molecule has 0 saturated carbocycles. The number of piperidine rings is 1. The van der Waals surface area contributed by atoms with Crippen LogP contribution in [-0.4, -0.2) is 73.1 Å². The Morgan fingerprint density at radius 3 is 2.41 bits per heavy atom. The molecule has 6 rings (SSSR count). The maximum Gasteiger partial charge on any atom is 0.344 e. The number of nitrogens with one attached hydrogen (secondary N) is 2. The molecular formula is C32H34N6O5S. The number of hydrogen-bond acceptors (Lipinski definition) is 8. The van der Waals surface area contributed by atoms with E-state index < -0.39 is 21.8 Å². The number of nitriles is 1. The van der Waals surface area contributed by atoms with Gasteiger partial charge in [0.1, 0.15) is 11.8 Å². The average molecular weight is 615 g/mol. The van der Waals surface area contributed by atoms with E-state index in [0.717, 1.165) is 36.3 Å². The van der Waals surface area contributed by atoms with Crippen LogP contribution in [0.15, 0.2) is 82.5 Å². The second-order valence-electron chi connectivity index (χ2n) is 11.2. The van der Waals surface area contributed by atoms with Crippen LogP contribution in [0.5, 0.6) is 5.75 Å². The summed E-state index contributed by atoms with van der Waals surface area (Å²) in [5.74, 6) is 0.154. The van der Waals surface area contributed by atoms with Gasteiger partial charge in [-0.3, -0.25) is 9.36 Å². The molecule has 0 bridgehead atoms. The van der Waals surface area contributed by atoms with Crippen molar-refractivity contribution in [3.8, 4) is 11.8 Å². The van der Waals surface area contributed by atoms with Gasteiger partial charge in [0, 0.05) is 25.2 Å². The molecule has 228 valence electrons. The second-order valence-corrected chi connectivity index (χ2v) is 13.0. The number of carbonyl (C=O) groups excluding carboxylic acids is 1. The minimum absolute atomic E-state index is 0.0745. The fourth-order valence-corrected chi connectivity index (χ4v) is 7.62. The number of ether oxygens (including phenoxy) is 1. The van der Waals surface area contributed by atoms with E-state index >= 15 is 0 Å². The van der Waals surface area contributed by atoms with E-state index in [9.17, 15) is 23.3 Å². The summed E-state index contributed by atoms with van der Waals surface area (Å²) in [5.41, 5.74) is 0.133. The molecule has 0 spiro atoms. The summed E-state index contributed by atoms with van der Waals surface area (Å²) < 4.78 is 35.1. The fraction of sp³-hybridized carbons (Fsp3) is 0.344. The molecule has 2 atom stereocenters. The predicted molar refractivity (Wildman–Crippen MR) is 165 cm³/mol. The number of rotatable bonds is 8. The Bertz CT molecular complexity index is 1870. The molecule has 11 nitrogen and oxygen atoms in total. The predicted octanol–water partition coefficient (Wildman–Crippen LogP) is 2.45. The van der Waals surface area contributed by atoms with E-state index in [1.165, 1.54) is 54.1 Å². The highest BCUT2D eigenvalue weighted by Crippen LogP contribution is 2.29. The number of benzene rings is 3. The maximum absolute atomic E-state index is 14.4. The first kappa shape index (κ1) is 29.6.